The Morgan fingerprint density at radius 3 is 2.60 bits per heavy atom. The van der Waals surface area contributed by atoms with E-state index in [1.165, 1.54) is 0 Å². The molecule has 1 aliphatic rings. The van der Waals surface area contributed by atoms with Gasteiger partial charge in [0.05, 0.1) is 0 Å². The number of rotatable bonds is 5. The van der Waals surface area contributed by atoms with Crippen LogP contribution in [-0.4, -0.2) is 36.4 Å². The van der Waals surface area contributed by atoms with Gasteiger partial charge in [-0.1, -0.05) is 0 Å². The Balaban J connectivity index is 2.17. The Kier molecular flexibility index (Phi) is 4.54. The number of hydrogen-bond donors (Lipinski definition) is 2. The maximum atomic E-state index is 10.8. The van der Waals surface area contributed by atoms with Gasteiger partial charge in [0.1, 0.15) is 5.54 Å². The van der Waals surface area contributed by atoms with Crippen molar-refractivity contribution in [3.05, 3.63) is 0 Å². The largest absolute Gasteiger partial charge is 0.480 e. The van der Waals surface area contributed by atoms with Gasteiger partial charge >= 0.3 is 5.97 Å². The molecule has 0 unspecified atom stereocenters. The molecule has 1 fully saturated rings. The first kappa shape index (κ1) is 12.5. The highest BCUT2D eigenvalue weighted by Gasteiger charge is 2.26. The van der Waals surface area contributed by atoms with E-state index < -0.39 is 11.5 Å². The van der Waals surface area contributed by atoms with Crippen LogP contribution in [-0.2, 0) is 9.53 Å². The SMILES string of the molecule is CC(C)(NCCC1CCOCC1)C(=O)O. The summed E-state index contributed by atoms with van der Waals surface area (Å²) in [6, 6.07) is 0. The van der Waals surface area contributed by atoms with Gasteiger partial charge in [0, 0.05) is 13.2 Å². The molecule has 0 aromatic rings. The van der Waals surface area contributed by atoms with E-state index in [2.05, 4.69) is 5.32 Å². The van der Waals surface area contributed by atoms with Crippen molar-refractivity contribution in [2.75, 3.05) is 19.8 Å². The second kappa shape index (κ2) is 5.47. The summed E-state index contributed by atoms with van der Waals surface area (Å²) in [7, 11) is 0. The van der Waals surface area contributed by atoms with E-state index in [9.17, 15) is 4.79 Å². The van der Waals surface area contributed by atoms with Crippen molar-refractivity contribution in [3.63, 3.8) is 0 Å². The number of carboxylic acids is 1. The standard InChI is InChI=1S/C11H21NO3/c1-11(2,10(13)14)12-6-3-9-4-7-15-8-5-9/h9,12H,3-8H2,1-2H3,(H,13,14). The van der Waals surface area contributed by atoms with Gasteiger partial charge < -0.3 is 15.2 Å². The van der Waals surface area contributed by atoms with Crippen molar-refractivity contribution < 1.29 is 14.6 Å². The Labute approximate surface area is 91.0 Å². The summed E-state index contributed by atoms with van der Waals surface area (Å²) in [5.74, 6) is -0.106. The van der Waals surface area contributed by atoms with E-state index in [0.29, 0.717) is 5.92 Å². The van der Waals surface area contributed by atoms with E-state index in [1.54, 1.807) is 13.8 Å². The zero-order valence-corrected chi connectivity index (χ0v) is 9.58. The molecule has 1 rings (SSSR count). The molecule has 15 heavy (non-hydrogen) atoms. The van der Waals surface area contributed by atoms with Crippen LogP contribution < -0.4 is 5.32 Å². The molecule has 2 N–H and O–H groups in total. The summed E-state index contributed by atoms with van der Waals surface area (Å²) < 4.78 is 5.27. The topological polar surface area (TPSA) is 58.6 Å². The van der Waals surface area contributed by atoms with Gasteiger partial charge in [-0.05, 0) is 45.6 Å². The van der Waals surface area contributed by atoms with Gasteiger partial charge in [-0.25, -0.2) is 0 Å². The predicted octanol–water partition coefficient (Wildman–Crippen LogP) is 1.26. The van der Waals surface area contributed by atoms with Gasteiger partial charge in [-0.3, -0.25) is 4.79 Å². The lowest BCUT2D eigenvalue weighted by atomic mass is 9.96. The van der Waals surface area contributed by atoms with Crippen LogP contribution in [0.2, 0.25) is 0 Å². The third-order valence-corrected chi connectivity index (χ3v) is 3.00. The Bertz CT molecular complexity index is 210. The van der Waals surface area contributed by atoms with Crippen molar-refractivity contribution >= 4 is 5.97 Å². The first-order valence-electron chi connectivity index (χ1n) is 5.58. The summed E-state index contributed by atoms with van der Waals surface area (Å²) in [5.41, 5.74) is -0.814. The van der Waals surface area contributed by atoms with Crippen LogP contribution >= 0.6 is 0 Å². The van der Waals surface area contributed by atoms with Crippen LogP contribution in [0.1, 0.15) is 33.1 Å². The van der Waals surface area contributed by atoms with Crippen LogP contribution in [0.25, 0.3) is 0 Å². The van der Waals surface area contributed by atoms with Crippen LogP contribution in [0.15, 0.2) is 0 Å². The Morgan fingerprint density at radius 2 is 2.07 bits per heavy atom. The summed E-state index contributed by atoms with van der Waals surface area (Å²) in [4.78, 5) is 10.8. The Hall–Kier alpha value is -0.610. The van der Waals surface area contributed by atoms with E-state index >= 15 is 0 Å². The maximum absolute atomic E-state index is 10.8. The van der Waals surface area contributed by atoms with E-state index in [1.807, 2.05) is 0 Å². The van der Waals surface area contributed by atoms with Gasteiger partial charge in [0.15, 0.2) is 0 Å². The molecule has 0 spiro atoms. The van der Waals surface area contributed by atoms with Crippen LogP contribution in [0.4, 0.5) is 0 Å². The zero-order valence-electron chi connectivity index (χ0n) is 9.58. The van der Waals surface area contributed by atoms with E-state index in [-0.39, 0.29) is 0 Å². The fourth-order valence-electron chi connectivity index (χ4n) is 1.70. The fourth-order valence-corrected chi connectivity index (χ4v) is 1.70. The van der Waals surface area contributed by atoms with Crippen molar-refractivity contribution in [3.8, 4) is 0 Å². The molecule has 88 valence electrons. The number of nitrogens with one attached hydrogen (secondary N) is 1. The lowest BCUT2D eigenvalue weighted by Gasteiger charge is -2.25. The smallest absolute Gasteiger partial charge is 0.323 e. The number of aliphatic carboxylic acids is 1. The maximum Gasteiger partial charge on any atom is 0.323 e. The molecule has 0 atom stereocenters. The first-order chi connectivity index (χ1) is 7.02. The molecule has 0 saturated carbocycles. The summed E-state index contributed by atoms with van der Waals surface area (Å²) >= 11 is 0. The second-order valence-electron chi connectivity index (χ2n) is 4.70. The molecule has 0 radical (unpaired) electrons. The minimum absolute atomic E-state index is 0.691. The lowest BCUT2D eigenvalue weighted by molar-refractivity contribution is -0.143. The van der Waals surface area contributed by atoms with E-state index in [4.69, 9.17) is 9.84 Å². The molecule has 0 bridgehead atoms. The number of carbonyl (C=O) groups is 1. The average molecular weight is 215 g/mol. The molecule has 0 aromatic carbocycles. The lowest BCUT2D eigenvalue weighted by Crippen LogP contribution is -2.47. The minimum atomic E-state index is -0.814. The molecule has 0 amide bonds. The number of carboxylic acid groups (broad SMARTS) is 1. The Morgan fingerprint density at radius 1 is 1.47 bits per heavy atom. The highest BCUT2D eigenvalue weighted by molar-refractivity contribution is 5.77. The van der Waals surface area contributed by atoms with Crippen LogP contribution in [0, 0.1) is 5.92 Å². The predicted molar refractivity (Wildman–Crippen MR) is 57.9 cm³/mol. The van der Waals surface area contributed by atoms with Crippen molar-refractivity contribution in [2.45, 2.75) is 38.6 Å². The summed E-state index contributed by atoms with van der Waals surface area (Å²) in [5, 5.41) is 12.0. The van der Waals surface area contributed by atoms with Crippen molar-refractivity contribution in [1.29, 1.82) is 0 Å². The highest BCUT2D eigenvalue weighted by Crippen LogP contribution is 2.18. The molecule has 4 nitrogen and oxygen atoms in total. The number of ether oxygens (including phenoxy) is 1. The fraction of sp³-hybridized carbons (Fsp3) is 0.909. The van der Waals surface area contributed by atoms with Gasteiger partial charge in [0.2, 0.25) is 0 Å². The summed E-state index contributed by atoms with van der Waals surface area (Å²) in [6.45, 7) is 5.86. The second-order valence-corrected chi connectivity index (χ2v) is 4.70. The molecule has 1 aliphatic heterocycles. The molecular weight excluding hydrogens is 194 g/mol. The normalized spacial score (nSPS) is 19.1. The van der Waals surface area contributed by atoms with Crippen molar-refractivity contribution in [2.24, 2.45) is 5.92 Å². The molecule has 1 saturated heterocycles. The third-order valence-electron chi connectivity index (χ3n) is 3.00. The van der Waals surface area contributed by atoms with Crippen LogP contribution in [0.3, 0.4) is 0 Å². The molecule has 4 heteroatoms. The van der Waals surface area contributed by atoms with Crippen LogP contribution in [0.5, 0.6) is 0 Å². The monoisotopic (exact) mass is 215 g/mol. The average Bonchev–Trinajstić information content (AvgIpc) is 2.19. The summed E-state index contributed by atoms with van der Waals surface area (Å²) in [6.07, 6.45) is 3.25. The number of hydrogen-bond acceptors (Lipinski definition) is 3. The van der Waals surface area contributed by atoms with Gasteiger partial charge in [0.25, 0.3) is 0 Å². The van der Waals surface area contributed by atoms with Crippen molar-refractivity contribution in [1.82, 2.24) is 5.32 Å². The molecule has 1 heterocycles. The molecule has 0 aliphatic carbocycles. The molecular formula is C11H21NO3. The van der Waals surface area contributed by atoms with Gasteiger partial charge in [-0.2, -0.15) is 0 Å². The third kappa shape index (κ3) is 4.18. The molecule has 0 aromatic heterocycles. The highest BCUT2D eigenvalue weighted by atomic mass is 16.5. The first-order valence-corrected chi connectivity index (χ1v) is 5.58. The van der Waals surface area contributed by atoms with E-state index in [0.717, 1.165) is 39.0 Å². The minimum Gasteiger partial charge on any atom is -0.480 e. The van der Waals surface area contributed by atoms with Gasteiger partial charge in [-0.15, -0.1) is 0 Å². The zero-order chi connectivity index (χ0) is 11.3. The quantitative estimate of drug-likeness (QED) is 0.724.